The van der Waals surface area contributed by atoms with Gasteiger partial charge in [0.15, 0.2) is 0 Å². The molecule has 0 aliphatic carbocycles. The highest BCUT2D eigenvalue weighted by Gasteiger charge is 1.90. The number of nitrogens with zero attached hydrogens (tertiary/aromatic N) is 1. The SMILES string of the molecule is CCCCCNC(=O)O.c1ccncc1. The molecule has 0 aliphatic heterocycles. The fourth-order valence-electron chi connectivity index (χ4n) is 0.883. The van der Waals surface area contributed by atoms with Gasteiger partial charge < -0.3 is 10.4 Å². The van der Waals surface area contributed by atoms with Crippen LogP contribution in [0.3, 0.4) is 0 Å². The lowest BCUT2D eigenvalue weighted by atomic mass is 10.2. The molecule has 1 rings (SSSR count). The molecule has 0 fully saturated rings. The first kappa shape index (κ1) is 13.4. The Bertz CT molecular complexity index is 213. The number of amides is 1. The van der Waals surface area contributed by atoms with Crippen molar-refractivity contribution in [2.45, 2.75) is 26.2 Å². The number of pyridine rings is 1. The fraction of sp³-hybridized carbons (Fsp3) is 0.455. The van der Waals surface area contributed by atoms with Gasteiger partial charge in [-0.3, -0.25) is 4.98 Å². The molecule has 1 aromatic heterocycles. The Hall–Kier alpha value is -1.58. The van der Waals surface area contributed by atoms with E-state index in [4.69, 9.17) is 5.11 Å². The topological polar surface area (TPSA) is 62.2 Å². The molecule has 0 aliphatic rings. The van der Waals surface area contributed by atoms with E-state index in [1.807, 2.05) is 18.2 Å². The Morgan fingerprint density at radius 3 is 2.27 bits per heavy atom. The summed E-state index contributed by atoms with van der Waals surface area (Å²) >= 11 is 0. The van der Waals surface area contributed by atoms with Crippen molar-refractivity contribution in [1.82, 2.24) is 10.3 Å². The number of carboxylic acid groups (broad SMARTS) is 1. The molecule has 0 radical (unpaired) electrons. The maximum Gasteiger partial charge on any atom is 0.404 e. The van der Waals surface area contributed by atoms with E-state index in [0.717, 1.165) is 19.3 Å². The van der Waals surface area contributed by atoms with Crippen molar-refractivity contribution in [2.75, 3.05) is 6.54 Å². The van der Waals surface area contributed by atoms with Gasteiger partial charge >= 0.3 is 6.09 Å². The van der Waals surface area contributed by atoms with Crippen molar-refractivity contribution in [1.29, 1.82) is 0 Å². The van der Waals surface area contributed by atoms with Crippen LogP contribution in [0.4, 0.5) is 4.79 Å². The standard InChI is InChI=1S/C6H13NO2.C5H5N/c1-2-3-4-5-7-6(8)9;1-2-4-6-5-3-1/h7H,2-5H2,1H3,(H,8,9);1-5H. The first-order chi connectivity index (χ1) is 7.27. The van der Waals surface area contributed by atoms with Crippen LogP contribution in [-0.2, 0) is 0 Å². The van der Waals surface area contributed by atoms with Crippen LogP contribution in [0.15, 0.2) is 30.6 Å². The van der Waals surface area contributed by atoms with Gasteiger partial charge in [0.05, 0.1) is 0 Å². The predicted molar refractivity (Wildman–Crippen MR) is 59.8 cm³/mol. The predicted octanol–water partition coefficient (Wildman–Crippen LogP) is 2.53. The molecule has 0 spiro atoms. The van der Waals surface area contributed by atoms with Crippen LogP contribution < -0.4 is 5.32 Å². The molecular formula is C11H18N2O2. The summed E-state index contributed by atoms with van der Waals surface area (Å²) in [6, 6.07) is 5.72. The van der Waals surface area contributed by atoms with Crippen LogP contribution >= 0.6 is 0 Å². The van der Waals surface area contributed by atoms with E-state index in [0.29, 0.717) is 6.54 Å². The summed E-state index contributed by atoms with van der Waals surface area (Å²) in [5.41, 5.74) is 0. The number of rotatable bonds is 4. The maximum atomic E-state index is 9.85. The second-order valence-electron chi connectivity index (χ2n) is 2.96. The van der Waals surface area contributed by atoms with Crippen LogP contribution in [-0.4, -0.2) is 22.7 Å². The van der Waals surface area contributed by atoms with Crippen molar-refractivity contribution in [3.8, 4) is 0 Å². The Labute approximate surface area is 90.4 Å². The summed E-state index contributed by atoms with van der Waals surface area (Å²) < 4.78 is 0. The van der Waals surface area contributed by atoms with Gasteiger partial charge in [-0.1, -0.05) is 25.8 Å². The summed E-state index contributed by atoms with van der Waals surface area (Å²) in [4.78, 5) is 13.6. The summed E-state index contributed by atoms with van der Waals surface area (Å²) in [7, 11) is 0. The molecule has 4 nitrogen and oxygen atoms in total. The zero-order chi connectivity index (χ0) is 11.4. The third kappa shape index (κ3) is 12.4. The van der Waals surface area contributed by atoms with E-state index in [1.54, 1.807) is 12.4 Å². The molecule has 0 saturated heterocycles. The largest absolute Gasteiger partial charge is 0.465 e. The molecule has 0 unspecified atom stereocenters. The Morgan fingerprint density at radius 1 is 1.27 bits per heavy atom. The molecular weight excluding hydrogens is 192 g/mol. The molecule has 15 heavy (non-hydrogen) atoms. The van der Waals surface area contributed by atoms with Crippen molar-refractivity contribution in [3.05, 3.63) is 30.6 Å². The average Bonchev–Trinajstić information content (AvgIpc) is 2.28. The van der Waals surface area contributed by atoms with Crippen molar-refractivity contribution in [2.24, 2.45) is 0 Å². The third-order valence-electron chi connectivity index (χ3n) is 1.62. The highest BCUT2D eigenvalue weighted by atomic mass is 16.4. The van der Waals surface area contributed by atoms with Crippen LogP contribution in [0, 0.1) is 0 Å². The number of unbranched alkanes of at least 4 members (excludes halogenated alkanes) is 2. The molecule has 1 amide bonds. The average molecular weight is 210 g/mol. The highest BCUT2D eigenvalue weighted by Crippen LogP contribution is 1.90. The first-order valence-corrected chi connectivity index (χ1v) is 5.09. The second kappa shape index (κ2) is 10.5. The minimum atomic E-state index is -0.925. The molecule has 4 heteroatoms. The molecule has 84 valence electrons. The smallest absolute Gasteiger partial charge is 0.404 e. The lowest BCUT2D eigenvalue weighted by molar-refractivity contribution is 0.194. The monoisotopic (exact) mass is 210 g/mol. The van der Waals surface area contributed by atoms with Crippen molar-refractivity contribution >= 4 is 6.09 Å². The number of aromatic nitrogens is 1. The van der Waals surface area contributed by atoms with E-state index in [2.05, 4.69) is 17.2 Å². The summed E-state index contributed by atoms with van der Waals surface area (Å²) in [5, 5.41) is 10.4. The van der Waals surface area contributed by atoms with Crippen LogP contribution in [0.1, 0.15) is 26.2 Å². The van der Waals surface area contributed by atoms with Gasteiger partial charge in [-0.15, -0.1) is 0 Å². The van der Waals surface area contributed by atoms with Crippen molar-refractivity contribution < 1.29 is 9.90 Å². The molecule has 0 atom stereocenters. The summed E-state index contributed by atoms with van der Waals surface area (Å²) in [5.74, 6) is 0. The minimum Gasteiger partial charge on any atom is -0.465 e. The third-order valence-corrected chi connectivity index (χ3v) is 1.62. The van der Waals surface area contributed by atoms with E-state index in [-0.39, 0.29) is 0 Å². The lowest BCUT2D eigenvalue weighted by Gasteiger charge is -1.96. The number of carbonyl (C=O) groups is 1. The summed E-state index contributed by atoms with van der Waals surface area (Å²) in [6.45, 7) is 2.67. The van der Waals surface area contributed by atoms with Gasteiger partial charge in [0.25, 0.3) is 0 Å². The molecule has 0 aromatic carbocycles. The second-order valence-corrected chi connectivity index (χ2v) is 2.96. The van der Waals surface area contributed by atoms with Gasteiger partial charge in [-0.2, -0.15) is 0 Å². The van der Waals surface area contributed by atoms with Gasteiger partial charge in [0.2, 0.25) is 0 Å². The van der Waals surface area contributed by atoms with Crippen LogP contribution in [0.5, 0.6) is 0 Å². The molecule has 0 bridgehead atoms. The Balaban J connectivity index is 0.000000280. The molecule has 0 saturated carbocycles. The Kier molecular flexibility index (Phi) is 9.39. The van der Waals surface area contributed by atoms with Crippen LogP contribution in [0.25, 0.3) is 0 Å². The summed E-state index contributed by atoms with van der Waals surface area (Å²) in [6.07, 6.45) is 5.75. The zero-order valence-electron chi connectivity index (χ0n) is 9.02. The molecule has 1 aromatic rings. The molecule has 1 heterocycles. The van der Waals surface area contributed by atoms with E-state index in [9.17, 15) is 4.79 Å². The van der Waals surface area contributed by atoms with Crippen molar-refractivity contribution in [3.63, 3.8) is 0 Å². The quantitative estimate of drug-likeness (QED) is 0.750. The minimum absolute atomic E-state index is 0.586. The van der Waals surface area contributed by atoms with E-state index >= 15 is 0 Å². The molecule has 2 N–H and O–H groups in total. The highest BCUT2D eigenvalue weighted by molar-refractivity contribution is 5.64. The number of hydrogen-bond donors (Lipinski definition) is 2. The maximum absolute atomic E-state index is 9.85. The lowest BCUT2D eigenvalue weighted by Crippen LogP contribution is -2.21. The van der Waals surface area contributed by atoms with Crippen LogP contribution in [0.2, 0.25) is 0 Å². The normalized spacial score (nSPS) is 8.60. The van der Waals surface area contributed by atoms with E-state index < -0.39 is 6.09 Å². The van der Waals surface area contributed by atoms with Gasteiger partial charge in [-0.05, 0) is 18.6 Å². The van der Waals surface area contributed by atoms with Gasteiger partial charge in [-0.25, -0.2) is 4.79 Å². The number of nitrogens with one attached hydrogen (secondary N) is 1. The Morgan fingerprint density at radius 2 is 1.93 bits per heavy atom. The fourth-order valence-corrected chi connectivity index (χ4v) is 0.883. The van der Waals surface area contributed by atoms with E-state index in [1.165, 1.54) is 0 Å². The number of hydrogen-bond acceptors (Lipinski definition) is 2. The van der Waals surface area contributed by atoms with Gasteiger partial charge in [0.1, 0.15) is 0 Å². The van der Waals surface area contributed by atoms with Gasteiger partial charge in [0, 0.05) is 18.9 Å². The zero-order valence-corrected chi connectivity index (χ0v) is 9.02. The first-order valence-electron chi connectivity index (χ1n) is 5.09.